The molecule has 6 nitrogen and oxygen atoms in total. The minimum Gasteiger partial charge on any atom is -0.323 e. The number of aromatic nitrogens is 2. The molecule has 0 unspecified atom stereocenters. The largest absolute Gasteiger partial charge is 0.323 e. The van der Waals surface area contributed by atoms with Crippen molar-refractivity contribution >= 4 is 23.2 Å². The van der Waals surface area contributed by atoms with Gasteiger partial charge in [0.25, 0.3) is 0 Å². The second kappa shape index (κ2) is 6.84. The van der Waals surface area contributed by atoms with Crippen molar-refractivity contribution in [2.45, 2.75) is 12.8 Å². The van der Waals surface area contributed by atoms with E-state index in [0.717, 1.165) is 23.4 Å². The van der Waals surface area contributed by atoms with Crippen molar-refractivity contribution in [3.05, 3.63) is 72.8 Å². The zero-order valence-corrected chi connectivity index (χ0v) is 14.1. The number of carbonyl (C=O) groups is 2. The van der Waals surface area contributed by atoms with Crippen LogP contribution in [0.3, 0.4) is 0 Å². The Morgan fingerprint density at radius 1 is 1.04 bits per heavy atom. The number of imidazole rings is 1. The highest BCUT2D eigenvalue weighted by Crippen LogP contribution is 2.27. The monoisotopic (exact) mass is 346 g/mol. The van der Waals surface area contributed by atoms with Crippen molar-refractivity contribution in [2.75, 3.05) is 16.8 Å². The molecule has 3 aromatic rings. The summed E-state index contributed by atoms with van der Waals surface area (Å²) < 4.78 is 1.83. The molecule has 1 aliphatic heterocycles. The van der Waals surface area contributed by atoms with Crippen LogP contribution in [0.2, 0.25) is 0 Å². The standard InChI is InChI=1S/C20H18N4O2/c25-19(13-24-17-7-3-1-5-15(17)9-10-20(24)26)22-16-6-2-4-8-18(16)23-12-11-21-14-23/h1-8,11-12,14H,9-10,13H2,(H,22,25). The Kier molecular flexibility index (Phi) is 4.23. The summed E-state index contributed by atoms with van der Waals surface area (Å²) >= 11 is 0. The predicted octanol–water partition coefficient (Wildman–Crippen LogP) is 2.79. The Bertz CT molecular complexity index is 950. The van der Waals surface area contributed by atoms with E-state index in [2.05, 4.69) is 10.3 Å². The van der Waals surface area contributed by atoms with Gasteiger partial charge in [-0.1, -0.05) is 30.3 Å². The SMILES string of the molecule is O=C(CN1C(=O)CCc2ccccc21)Nc1ccccc1-n1ccnc1. The minimum absolute atomic E-state index is 0.00584. The number of aryl methyl sites for hydroxylation is 1. The number of nitrogens with zero attached hydrogens (tertiary/aromatic N) is 3. The summed E-state index contributed by atoms with van der Waals surface area (Å²) in [5.41, 5.74) is 3.41. The summed E-state index contributed by atoms with van der Waals surface area (Å²) in [5, 5.41) is 2.92. The van der Waals surface area contributed by atoms with E-state index >= 15 is 0 Å². The molecule has 130 valence electrons. The van der Waals surface area contributed by atoms with E-state index in [1.54, 1.807) is 17.4 Å². The molecule has 2 amide bonds. The predicted molar refractivity (Wildman–Crippen MR) is 99.3 cm³/mol. The summed E-state index contributed by atoms with van der Waals surface area (Å²) in [7, 11) is 0. The number of fused-ring (bicyclic) bond motifs is 1. The number of benzene rings is 2. The molecular formula is C20H18N4O2. The number of para-hydroxylation sites is 3. The lowest BCUT2D eigenvalue weighted by Gasteiger charge is -2.28. The molecule has 0 radical (unpaired) electrons. The quantitative estimate of drug-likeness (QED) is 0.790. The van der Waals surface area contributed by atoms with Gasteiger partial charge in [0.05, 0.1) is 17.7 Å². The maximum atomic E-state index is 12.6. The van der Waals surface area contributed by atoms with Gasteiger partial charge in [0.1, 0.15) is 6.54 Å². The number of carbonyl (C=O) groups excluding carboxylic acids is 2. The number of amides is 2. The molecule has 1 aromatic heterocycles. The van der Waals surface area contributed by atoms with Gasteiger partial charge in [-0.3, -0.25) is 9.59 Å². The molecule has 0 aliphatic carbocycles. The highest BCUT2D eigenvalue weighted by atomic mass is 16.2. The molecule has 0 spiro atoms. The topological polar surface area (TPSA) is 67.2 Å². The Hall–Kier alpha value is -3.41. The fourth-order valence-corrected chi connectivity index (χ4v) is 3.21. The molecule has 0 bridgehead atoms. The molecule has 6 heteroatoms. The molecule has 0 fully saturated rings. The summed E-state index contributed by atoms with van der Waals surface area (Å²) in [6, 6.07) is 15.2. The van der Waals surface area contributed by atoms with Crippen molar-refractivity contribution in [3.63, 3.8) is 0 Å². The van der Waals surface area contributed by atoms with E-state index in [4.69, 9.17) is 0 Å². The number of hydrogen-bond acceptors (Lipinski definition) is 3. The first kappa shape index (κ1) is 16.1. The van der Waals surface area contributed by atoms with E-state index in [1.807, 2.05) is 59.3 Å². The summed E-state index contributed by atoms with van der Waals surface area (Å²) in [6.07, 6.45) is 6.32. The van der Waals surface area contributed by atoms with Gasteiger partial charge in [-0.2, -0.15) is 0 Å². The smallest absolute Gasteiger partial charge is 0.244 e. The van der Waals surface area contributed by atoms with Crippen molar-refractivity contribution in [3.8, 4) is 5.69 Å². The molecule has 1 N–H and O–H groups in total. The lowest BCUT2D eigenvalue weighted by Crippen LogP contribution is -2.40. The van der Waals surface area contributed by atoms with Crippen LogP contribution < -0.4 is 10.2 Å². The van der Waals surface area contributed by atoms with Gasteiger partial charge in [0.2, 0.25) is 11.8 Å². The number of nitrogens with one attached hydrogen (secondary N) is 1. The van der Waals surface area contributed by atoms with E-state index in [9.17, 15) is 9.59 Å². The van der Waals surface area contributed by atoms with Gasteiger partial charge < -0.3 is 14.8 Å². The first-order valence-electron chi connectivity index (χ1n) is 8.48. The maximum Gasteiger partial charge on any atom is 0.244 e. The number of rotatable bonds is 4. The number of anilines is 2. The average molecular weight is 346 g/mol. The zero-order chi connectivity index (χ0) is 17.9. The van der Waals surface area contributed by atoms with Crippen LogP contribution in [0.5, 0.6) is 0 Å². The van der Waals surface area contributed by atoms with E-state index in [0.29, 0.717) is 12.1 Å². The normalized spacial score (nSPS) is 13.4. The van der Waals surface area contributed by atoms with Gasteiger partial charge in [-0.25, -0.2) is 4.98 Å². The first-order valence-corrected chi connectivity index (χ1v) is 8.48. The van der Waals surface area contributed by atoms with Crippen LogP contribution in [-0.2, 0) is 16.0 Å². The Morgan fingerprint density at radius 3 is 2.62 bits per heavy atom. The van der Waals surface area contributed by atoms with Crippen LogP contribution in [-0.4, -0.2) is 27.9 Å². The highest BCUT2D eigenvalue weighted by Gasteiger charge is 2.25. The second-order valence-electron chi connectivity index (χ2n) is 6.14. The third kappa shape index (κ3) is 3.09. The van der Waals surface area contributed by atoms with Crippen molar-refractivity contribution in [2.24, 2.45) is 0 Å². The first-order chi connectivity index (χ1) is 12.7. The van der Waals surface area contributed by atoms with Crippen LogP contribution >= 0.6 is 0 Å². The van der Waals surface area contributed by atoms with Crippen LogP contribution in [0.4, 0.5) is 11.4 Å². The van der Waals surface area contributed by atoms with Gasteiger partial charge in [0, 0.05) is 24.5 Å². The lowest BCUT2D eigenvalue weighted by atomic mass is 10.0. The molecule has 4 rings (SSSR count). The molecule has 1 aliphatic rings. The molecular weight excluding hydrogens is 328 g/mol. The zero-order valence-electron chi connectivity index (χ0n) is 14.1. The van der Waals surface area contributed by atoms with Gasteiger partial charge in [-0.05, 0) is 30.2 Å². The van der Waals surface area contributed by atoms with Gasteiger partial charge >= 0.3 is 0 Å². The third-order valence-electron chi connectivity index (χ3n) is 4.45. The minimum atomic E-state index is -0.234. The summed E-state index contributed by atoms with van der Waals surface area (Å²) in [6.45, 7) is -0.00584. The van der Waals surface area contributed by atoms with Crippen LogP contribution in [0.15, 0.2) is 67.3 Å². The third-order valence-corrected chi connectivity index (χ3v) is 4.45. The molecule has 2 heterocycles. The summed E-state index contributed by atoms with van der Waals surface area (Å²) in [5.74, 6) is -0.260. The Morgan fingerprint density at radius 2 is 1.81 bits per heavy atom. The Labute approximate surface area is 151 Å². The molecule has 0 saturated heterocycles. The van der Waals surface area contributed by atoms with Crippen molar-refractivity contribution < 1.29 is 9.59 Å². The summed E-state index contributed by atoms with van der Waals surface area (Å²) in [4.78, 5) is 30.6. The van der Waals surface area contributed by atoms with Gasteiger partial charge in [-0.15, -0.1) is 0 Å². The Balaban J connectivity index is 1.55. The fourth-order valence-electron chi connectivity index (χ4n) is 3.21. The molecule has 26 heavy (non-hydrogen) atoms. The lowest BCUT2D eigenvalue weighted by molar-refractivity contribution is -0.121. The second-order valence-corrected chi connectivity index (χ2v) is 6.14. The van der Waals surface area contributed by atoms with Gasteiger partial charge in [0.15, 0.2) is 0 Å². The molecule has 0 saturated carbocycles. The number of hydrogen-bond donors (Lipinski definition) is 1. The molecule has 0 atom stereocenters. The maximum absolute atomic E-state index is 12.6. The van der Waals surface area contributed by atoms with Crippen molar-refractivity contribution in [1.82, 2.24) is 9.55 Å². The van der Waals surface area contributed by atoms with E-state index in [-0.39, 0.29) is 18.4 Å². The molecule has 2 aromatic carbocycles. The average Bonchev–Trinajstić information content (AvgIpc) is 3.19. The van der Waals surface area contributed by atoms with E-state index in [1.165, 1.54) is 0 Å². The van der Waals surface area contributed by atoms with E-state index < -0.39 is 0 Å². The van der Waals surface area contributed by atoms with Crippen LogP contribution in [0, 0.1) is 0 Å². The van der Waals surface area contributed by atoms with Crippen LogP contribution in [0.25, 0.3) is 5.69 Å². The fraction of sp³-hybridized carbons (Fsp3) is 0.150. The van der Waals surface area contributed by atoms with Crippen LogP contribution in [0.1, 0.15) is 12.0 Å². The van der Waals surface area contributed by atoms with Crippen molar-refractivity contribution in [1.29, 1.82) is 0 Å². The highest BCUT2D eigenvalue weighted by molar-refractivity contribution is 6.04.